The van der Waals surface area contributed by atoms with Crippen LogP contribution in [-0.4, -0.2) is 75.5 Å². The fraction of sp³-hybridized carbons (Fsp3) is 0.655. The molecule has 6 heterocycles. The number of piperidine rings is 4. The zero-order chi connectivity index (χ0) is 25.1. The second-order valence-corrected chi connectivity index (χ2v) is 11.0. The van der Waals surface area contributed by atoms with Gasteiger partial charge in [0.1, 0.15) is 0 Å². The van der Waals surface area contributed by atoms with Crippen LogP contribution in [-0.2, 0) is 4.79 Å². The van der Waals surface area contributed by atoms with Gasteiger partial charge in [-0.15, -0.1) is 0 Å². The van der Waals surface area contributed by atoms with Crippen LogP contribution in [0.2, 0.25) is 0 Å². The molecule has 1 N–H and O–H groups in total. The highest BCUT2D eigenvalue weighted by atomic mass is 16.2. The molecule has 2 bridgehead atoms. The third-order valence-corrected chi connectivity index (χ3v) is 8.95. The maximum Gasteiger partial charge on any atom is 0.219 e. The van der Waals surface area contributed by atoms with Crippen molar-refractivity contribution in [3.63, 3.8) is 0 Å². The summed E-state index contributed by atoms with van der Waals surface area (Å²) in [5, 5.41) is 3.85. The van der Waals surface area contributed by atoms with E-state index in [1.807, 2.05) is 29.4 Å². The summed E-state index contributed by atoms with van der Waals surface area (Å²) in [5.41, 5.74) is 3.48. The summed E-state index contributed by atoms with van der Waals surface area (Å²) in [5.74, 6) is 2.68. The van der Waals surface area contributed by atoms with E-state index in [4.69, 9.17) is 9.97 Å². The number of carbonyl (C=O) groups is 1. The van der Waals surface area contributed by atoms with Gasteiger partial charge in [-0.2, -0.15) is 0 Å². The summed E-state index contributed by atoms with van der Waals surface area (Å²) in [7, 11) is 0. The Morgan fingerprint density at radius 2 is 1.83 bits per heavy atom. The number of carbonyl (C=O) groups excluding carboxylic acids is 1. The van der Waals surface area contributed by atoms with Crippen LogP contribution in [0.4, 0.5) is 0 Å². The molecule has 4 atom stereocenters. The Bertz CT molecular complexity index is 1020. The Hall–Kier alpha value is -2.38. The Balaban J connectivity index is 1.28. The third kappa shape index (κ3) is 5.47. The highest BCUT2D eigenvalue weighted by Gasteiger charge is 2.41. The summed E-state index contributed by atoms with van der Waals surface area (Å²) < 4.78 is 0. The Kier molecular flexibility index (Phi) is 7.96. The van der Waals surface area contributed by atoms with E-state index in [0.717, 1.165) is 63.3 Å². The number of rotatable bonds is 8. The van der Waals surface area contributed by atoms with Gasteiger partial charge in [0.25, 0.3) is 0 Å². The average Bonchev–Trinajstić information content (AvgIpc) is 2.93. The molecule has 194 valence electrons. The zero-order valence-corrected chi connectivity index (χ0v) is 22.2. The molecule has 0 aliphatic carbocycles. The maximum absolute atomic E-state index is 11.6. The van der Waals surface area contributed by atoms with Crippen molar-refractivity contribution in [2.75, 3.05) is 32.7 Å². The van der Waals surface area contributed by atoms with Gasteiger partial charge in [0.2, 0.25) is 5.91 Å². The van der Waals surface area contributed by atoms with Gasteiger partial charge < -0.3 is 10.2 Å². The molecule has 4 unspecified atom stereocenters. The minimum atomic E-state index is 0.208. The van der Waals surface area contributed by atoms with Gasteiger partial charge in [-0.25, -0.2) is 9.97 Å². The van der Waals surface area contributed by atoms with Crippen molar-refractivity contribution in [1.82, 2.24) is 30.1 Å². The minimum absolute atomic E-state index is 0.208. The van der Waals surface area contributed by atoms with Crippen LogP contribution in [0.1, 0.15) is 82.5 Å². The Morgan fingerprint density at radius 3 is 2.47 bits per heavy atom. The molecule has 0 saturated carbocycles. The second-order valence-electron chi connectivity index (χ2n) is 11.0. The van der Waals surface area contributed by atoms with E-state index in [-0.39, 0.29) is 5.91 Å². The van der Waals surface area contributed by atoms with E-state index in [9.17, 15) is 4.79 Å². The maximum atomic E-state index is 11.6. The largest absolute Gasteiger partial charge is 0.343 e. The first kappa shape index (κ1) is 25.3. The first-order chi connectivity index (χ1) is 17.6. The highest BCUT2D eigenvalue weighted by molar-refractivity contribution is 5.73. The molecule has 0 aromatic carbocycles. The molecule has 2 aromatic rings. The molecule has 7 heteroatoms. The molecule has 4 aliphatic heterocycles. The van der Waals surface area contributed by atoms with Crippen molar-refractivity contribution < 1.29 is 4.79 Å². The van der Waals surface area contributed by atoms with Gasteiger partial charge in [0.15, 0.2) is 5.82 Å². The molecule has 7 nitrogen and oxygen atoms in total. The van der Waals surface area contributed by atoms with E-state index < -0.39 is 0 Å². The number of nitrogens with zero attached hydrogens (tertiary/aromatic N) is 5. The predicted octanol–water partition coefficient (Wildman–Crippen LogP) is 4.22. The lowest BCUT2D eigenvalue weighted by Crippen LogP contribution is -2.57. The monoisotopic (exact) mass is 490 g/mol. The molecule has 6 rings (SSSR count). The lowest BCUT2D eigenvalue weighted by Gasteiger charge is -2.50. The predicted molar refractivity (Wildman–Crippen MR) is 143 cm³/mol. The Labute approximate surface area is 216 Å². The van der Waals surface area contributed by atoms with Crippen LogP contribution in [0.5, 0.6) is 0 Å². The summed E-state index contributed by atoms with van der Waals surface area (Å²) in [6, 6.07) is 7.51. The number of amides is 1. The Morgan fingerprint density at radius 1 is 1.08 bits per heavy atom. The summed E-state index contributed by atoms with van der Waals surface area (Å²) in [4.78, 5) is 30.7. The molecule has 4 saturated heterocycles. The van der Waals surface area contributed by atoms with Crippen LogP contribution >= 0.6 is 0 Å². The van der Waals surface area contributed by atoms with Gasteiger partial charge in [-0.1, -0.05) is 13.8 Å². The number of hydrogen-bond acceptors (Lipinski definition) is 6. The third-order valence-electron chi connectivity index (χ3n) is 8.95. The number of nitrogens with one attached hydrogen (secondary N) is 1. The summed E-state index contributed by atoms with van der Waals surface area (Å²) in [6.07, 6.45) is 10.5. The zero-order valence-electron chi connectivity index (χ0n) is 22.2. The van der Waals surface area contributed by atoms with Crippen molar-refractivity contribution in [1.29, 1.82) is 0 Å². The van der Waals surface area contributed by atoms with Crippen molar-refractivity contribution >= 4 is 5.91 Å². The summed E-state index contributed by atoms with van der Waals surface area (Å²) in [6.45, 7) is 11.3. The van der Waals surface area contributed by atoms with Crippen molar-refractivity contribution in [3.8, 4) is 11.4 Å². The lowest BCUT2D eigenvalue weighted by atomic mass is 9.73. The van der Waals surface area contributed by atoms with Crippen LogP contribution in [0.3, 0.4) is 0 Å². The smallest absolute Gasteiger partial charge is 0.219 e. The van der Waals surface area contributed by atoms with Crippen LogP contribution < -0.4 is 5.32 Å². The SMILES string of the molecule is CCC(CC)c1cc(C2CN3CCC2CC3CNC2CCN(C(C)=O)CC2)nc(-c2ccncc2)n1. The number of likely N-dealkylation sites (tertiary alicyclic amines) is 1. The molecule has 4 fully saturated rings. The summed E-state index contributed by atoms with van der Waals surface area (Å²) >= 11 is 0. The van der Waals surface area contributed by atoms with Gasteiger partial charge in [-0.05, 0) is 69.2 Å². The number of fused-ring (bicyclic) bond motifs is 3. The molecule has 1 amide bonds. The fourth-order valence-electron chi connectivity index (χ4n) is 6.61. The van der Waals surface area contributed by atoms with Crippen molar-refractivity contribution in [2.45, 2.75) is 83.2 Å². The standard InChI is InChI=1S/C29H42N6O/c1-4-21(5-2)27-17-28(33-29(32-27)22-6-11-30-12-7-22)26-19-35-13-8-23(26)16-25(35)18-31-24-9-14-34(15-10-24)20(3)36/h6-7,11-12,17,21,23-26,31H,4-5,8-10,13-16,18-19H2,1-3H3. The lowest BCUT2D eigenvalue weighted by molar-refractivity contribution is -0.129. The topological polar surface area (TPSA) is 74.2 Å². The first-order valence-electron chi connectivity index (χ1n) is 14.1. The van der Waals surface area contributed by atoms with Crippen molar-refractivity contribution in [3.05, 3.63) is 42.0 Å². The first-order valence-corrected chi connectivity index (χ1v) is 14.1. The molecular weight excluding hydrogens is 448 g/mol. The van der Waals surface area contributed by atoms with Gasteiger partial charge in [0, 0.05) is 86.4 Å². The fourth-order valence-corrected chi connectivity index (χ4v) is 6.61. The van der Waals surface area contributed by atoms with E-state index >= 15 is 0 Å². The molecule has 0 spiro atoms. The molecule has 36 heavy (non-hydrogen) atoms. The normalized spacial score (nSPS) is 26.5. The van der Waals surface area contributed by atoms with Crippen LogP contribution in [0, 0.1) is 5.92 Å². The average molecular weight is 491 g/mol. The number of aromatic nitrogens is 3. The molecule has 0 radical (unpaired) electrons. The van der Waals surface area contributed by atoms with Crippen LogP contribution in [0.25, 0.3) is 11.4 Å². The molecule has 2 aromatic heterocycles. The minimum Gasteiger partial charge on any atom is -0.343 e. The van der Waals surface area contributed by atoms with E-state index in [0.29, 0.717) is 29.8 Å². The molecular formula is C29H42N6O. The van der Waals surface area contributed by atoms with E-state index in [2.05, 4.69) is 35.1 Å². The van der Waals surface area contributed by atoms with Gasteiger partial charge in [0.05, 0.1) is 0 Å². The van der Waals surface area contributed by atoms with E-state index in [1.54, 1.807) is 6.92 Å². The quantitative estimate of drug-likeness (QED) is 0.597. The number of hydrogen-bond donors (Lipinski definition) is 1. The van der Waals surface area contributed by atoms with Gasteiger partial charge >= 0.3 is 0 Å². The van der Waals surface area contributed by atoms with Gasteiger partial charge in [-0.3, -0.25) is 14.7 Å². The number of pyridine rings is 1. The van der Waals surface area contributed by atoms with Crippen LogP contribution in [0.15, 0.2) is 30.6 Å². The molecule has 4 aliphatic rings. The second kappa shape index (κ2) is 11.3. The van der Waals surface area contributed by atoms with Crippen molar-refractivity contribution in [2.24, 2.45) is 5.92 Å². The highest BCUT2D eigenvalue weighted by Crippen LogP contribution is 2.42. The van der Waals surface area contributed by atoms with E-state index in [1.165, 1.54) is 30.8 Å².